The molecular weight excluding hydrogens is 248 g/mol. The normalized spacial score (nSPS) is 13.5. The molecule has 0 saturated heterocycles. The molecule has 0 radical (unpaired) electrons. The van der Waals surface area contributed by atoms with E-state index in [1.807, 2.05) is 13.0 Å². The maximum absolute atomic E-state index is 11.1. The molecule has 0 aromatic heterocycles. The fraction of sp³-hybridized carbons (Fsp3) is 0.455. The Kier molecular flexibility index (Phi) is 4.21. The summed E-state index contributed by atoms with van der Waals surface area (Å²) in [4.78, 5) is 0. The van der Waals surface area contributed by atoms with Crippen molar-refractivity contribution in [3.8, 4) is 5.75 Å². The van der Waals surface area contributed by atoms with Crippen LogP contribution in [0.25, 0.3) is 0 Å². The van der Waals surface area contributed by atoms with Crippen LogP contribution in [0, 0.1) is 6.92 Å². The van der Waals surface area contributed by atoms with E-state index >= 15 is 0 Å². The summed E-state index contributed by atoms with van der Waals surface area (Å²) >= 11 is 6.07. The second kappa shape index (κ2) is 5.06. The largest absolute Gasteiger partial charge is 0.497 e. The Bertz CT molecular complexity index is 468. The highest BCUT2D eigenvalue weighted by atomic mass is 35.5. The molecule has 90 valence electrons. The van der Waals surface area contributed by atoms with Gasteiger partial charge in [0.2, 0.25) is 0 Å². The lowest BCUT2D eigenvalue weighted by molar-refractivity contribution is 0.414. The van der Waals surface area contributed by atoms with Crippen LogP contribution in [0.5, 0.6) is 5.75 Å². The van der Waals surface area contributed by atoms with Crippen molar-refractivity contribution >= 4 is 21.4 Å². The number of rotatable bonds is 4. The first-order valence-electron chi connectivity index (χ1n) is 4.80. The minimum atomic E-state index is -3.07. The third-order valence-corrected chi connectivity index (χ3v) is 3.77. The average Bonchev–Trinajstić information content (AvgIpc) is 2.14. The molecule has 0 spiro atoms. The van der Waals surface area contributed by atoms with Gasteiger partial charge in [0.25, 0.3) is 0 Å². The minimum absolute atomic E-state index is 0.0538. The van der Waals surface area contributed by atoms with Gasteiger partial charge in [-0.05, 0) is 30.2 Å². The maximum Gasteiger partial charge on any atom is 0.149 e. The third kappa shape index (κ3) is 3.68. The van der Waals surface area contributed by atoms with Gasteiger partial charge in [0, 0.05) is 6.26 Å². The number of halogens is 1. The molecule has 1 unspecified atom stereocenters. The molecule has 1 rings (SSSR count). The molecule has 0 aliphatic heterocycles. The van der Waals surface area contributed by atoms with Gasteiger partial charge in [-0.1, -0.05) is 6.07 Å². The van der Waals surface area contributed by atoms with E-state index in [0.717, 1.165) is 16.9 Å². The van der Waals surface area contributed by atoms with Crippen LogP contribution in [-0.2, 0) is 9.84 Å². The fourth-order valence-electron chi connectivity index (χ4n) is 1.48. The molecule has 1 aromatic rings. The molecule has 0 heterocycles. The highest BCUT2D eigenvalue weighted by Crippen LogP contribution is 2.27. The van der Waals surface area contributed by atoms with Gasteiger partial charge in [-0.3, -0.25) is 0 Å². The van der Waals surface area contributed by atoms with Gasteiger partial charge in [-0.15, -0.1) is 11.6 Å². The summed E-state index contributed by atoms with van der Waals surface area (Å²) in [5.74, 6) is 0.686. The predicted molar refractivity (Wildman–Crippen MR) is 66.0 cm³/mol. The van der Waals surface area contributed by atoms with E-state index in [9.17, 15) is 8.42 Å². The van der Waals surface area contributed by atoms with Crippen molar-refractivity contribution in [1.82, 2.24) is 0 Å². The first-order chi connectivity index (χ1) is 7.33. The number of hydrogen-bond acceptors (Lipinski definition) is 3. The Morgan fingerprint density at radius 1 is 1.44 bits per heavy atom. The van der Waals surface area contributed by atoms with Crippen molar-refractivity contribution in [2.75, 3.05) is 19.1 Å². The standard InChI is InChI=1S/C11H15ClO3S/c1-8-6-9(15-2)4-5-10(8)11(12)7-16(3,13)14/h4-6,11H,7H2,1-3H3. The van der Waals surface area contributed by atoms with Gasteiger partial charge in [0.05, 0.1) is 18.2 Å². The van der Waals surface area contributed by atoms with Crippen molar-refractivity contribution in [2.45, 2.75) is 12.3 Å². The summed E-state index contributed by atoms with van der Waals surface area (Å²) in [6, 6.07) is 5.42. The van der Waals surface area contributed by atoms with Crippen LogP contribution >= 0.6 is 11.6 Å². The van der Waals surface area contributed by atoms with Crippen molar-refractivity contribution in [3.05, 3.63) is 29.3 Å². The summed E-state index contributed by atoms with van der Waals surface area (Å²) in [7, 11) is -1.48. The van der Waals surface area contributed by atoms with Gasteiger partial charge in [-0.25, -0.2) is 8.42 Å². The quantitative estimate of drug-likeness (QED) is 0.783. The Morgan fingerprint density at radius 3 is 2.50 bits per heavy atom. The highest BCUT2D eigenvalue weighted by molar-refractivity contribution is 7.90. The van der Waals surface area contributed by atoms with E-state index in [4.69, 9.17) is 16.3 Å². The lowest BCUT2D eigenvalue weighted by Gasteiger charge is -2.12. The Morgan fingerprint density at radius 2 is 2.06 bits per heavy atom. The molecular formula is C11H15ClO3S. The van der Waals surface area contributed by atoms with E-state index in [1.54, 1.807) is 19.2 Å². The van der Waals surface area contributed by atoms with Crippen LogP contribution in [0.2, 0.25) is 0 Å². The van der Waals surface area contributed by atoms with E-state index in [-0.39, 0.29) is 5.75 Å². The molecule has 1 atom stereocenters. The van der Waals surface area contributed by atoms with E-state index in [1.165, 1.54) is 6.26 Å². The van der Waals surface area contributed by atoms with Gasteiger partial charge in [0.1, 0.15) is 15.6 Å². The summed E-state index contributed by atoms with van der Waals surface area (Å²) in [6.45, 7) is 1.88. The van der Waals surface area contributed by atoms with Crippen molar-refractivity contribution in [2.24, 2.45) is 0 Å². The Labute approximate surface area is 101 Å². The summed E-state index contributed by atoms with van der Waals surface area (Å²) < 4.78 is 27.3. The molecule has 0 fully saturated rings. The number of ether oxygens (including phenoxy) is 1. The lowest BCUT2D eigenvalue weighted by atomic mass is 10.1. The van der Waals surface area contributed by atoms with Crippen LogP contribution in [0.3, 0.4) is 0 Å². The smallest absolute Gasteiger partial charge is 0.149 e. The molecule has 0 N–H and O–H groups in total. The number of methoxy groups -OCH3 is 1. The number of benzene rings is 1. The van der Waals surface area contributed by atoms with Gasteiger partial charge < -0.3 is 4.74 Å². The molecule has 0 aliphatic carbocycles. The SMILES string of the molecule is COc1ccc(C(Cl)CS(C)(=O)=O)c(C)c1. The lowest BCUT2D eigenvalue weighted by Crippen LogP contribution is -2.09. The van der Waals surface area contributed by atoms with E-state index in [0.29, 0.717) is 0 Å². The maximum atomic E-state index is 11.1. The number of sulfone groups is 1. The zero-order chi connectivity index (χ0) is 12.3. The molecule has 0 bridgehead atoms. The molecule has 3 nitrogen and oxygen atoms in total. The first kappa shape index (κ1) is 13.3. The Balaban J connectivity index is 2.96. The third-order valence-electron chi connectivity index (χ3n) is 2.26. The summed E-state index contributed by atoms with van der Waals surface area (Å²) in [5.41, 5.74) is 1.76. The van der Waals surface area contributed by atoms with Crippen LogP contribution in [0.1, 0.15) is 16.5 Å². The zero-order valence-corrected chi connectivity index (χ0v) is 11.1. The highest BCUT2D eigenvalue weighted by Gasteiger charge is 2.16. The second-order valence-electron chi connectivity index (χ2n) is 3.78. The minimum Gasteiger partial charge on any atom is -0.497 e. The van der Waals surface area contributed by atoms with Gasteiger partial charge >= 0.3 is 0 Å². The van der Waals surface area contributed by atoms with Gasteiger partial charge in [0.15, 0.2) is 0 Å². The van der Waals surface area contributed by atoms with Crippen LogP contribution in [0.4, 0.5) is 0 Å². The molecule has 0 saturated carbocycles. The van der Waals surface area contributed by atoms with Crippen LogP contribution in [0.15, 0.2) is 18.2 Å². The van der Waals surface area contributed by atoms with Crippen LogP contribution in [-0.4, -0.2) is 27.5 Å². The molecule has 5 heteroatoms. The van der Waals surface area contributed by atoms with E-state index < -0.39 is 15.2 Å². The fourth-order valence-corrected chi connectivity index (χ4v) is 3.12. The van der Waals surface area contributed by atoms with Crippen molar-refractivity contribution < 1.29 is 13.2 Å². The monoisotopic (exact) mass is 262 g/mol. The van der Waals surface area contributed by atoms with Gasteiger partial charge in [-0.2, -0.15) is 0 Å². The summed E-state index contributed by atoms with van der Waals surface area (Å²) in [5, 5.41) is -0.513. The Hall–Kier alpha value is -0.740. The van der Waals surface area contributed by atoms with Crippen molar-refractivity contribution in [3.63, 3.8) is 0 Å². The molecule has 1 aromatic carbocycles. The van der Waals surface area contributed by atoms with E-state index in [2.05, 4.69) is 0 Å². The van der Waals surface area contributed by atoms with Crippen molar-refractivity contribution in [1.29, 1.82) is 0 Å². The first-order valence-corrected chi connectivity index (χ1v) is 7.29. The number of alkyl halides is 1. The zero-order valence-electron chi connectivity index (χ0n) is 9.53. The molecule has 16 heavy (non-hydrogen) atoms. The van der Waals surface area contributed by atoms with Crippen LogP contribution < -0.4 is 4.74 Å². The average molecular weight is 263 g/mol. The second-order valence-corrected chi connectivity index (χ2v) is 6.49. The summed E-state index contributed by atoms with van der Waals surface area (Å²) in [6.07, 6.45) is 1.18. The molecule has 0 aliphatic rings. The topological polar surface area (TPSA) is 43.4 Å². The number of hydrogen-bond donors (Lipinski definition) is 0. The molecule has 0 amide bonds. The number of aryl methyl sites for hydroxylation is 1. The predicted octanol–water partition coefficient (Wildman–Crippen LogP) is 2.33.